The van der Waals surface area contributed by atoms with Crippen molar-refractivity contribution in [2.45, 2.75) is 17.7 Å². The van der Waals surface area contributed by atoms with Gasteiger partial charge >= 0.3 is 0 Å². The lowest BCUT2D eigenvalue weighted by molar-refractivity contribution is -0.132. The number of benzene rings is 1. The number of carbonyl (C=O) groups excluding carboxylic acids is 2. The number of ether oxygens (including phenoxy) is 1. The van der Waals surface area contributed by atoms with Crippen molar-refractivity contribution in [3.8, 4) is 5.75 Å². The molecule has 1 aliphatic rings. The van der Waals surface area contributed by atoms with Crippen molar-refractivity contribution in [3.05, 3.63) is 40.1 Å². The Labute approximate surface area is 146 Å². The zero-order valence-electron chi connectivity index (χ0n) is 13.4. The molecule has 0 radical (unpaired) electrons. The smallest absolute Gasteiger partial charge is 0.252 e. The zero-order chi connectivity index (χ0) is 17.4. The maximum Gasteiger partial charge on any atom is 0.252 e. The average Bonchev–Trinajstić information content (AvgIpc) is 2.95. The highest BCUT2D eigenvalue weighted by molar-refractivity contribution is 7.83. The van der Waals surface area contributed by atoms with Crippen LogP contribution in [0.5, 0.6) is 5.75 Å². The summed E-state index contributed by atoms with van der Waals surface area (Å²) < 4.78 is 18.5. The van der Waals surface area contributed by atoms with Crippen LogP contribution < -0.4 is 10.1 Å². The normalized spacial score (nSPS) is 19.8. The summed E-state index contributed by atoms with van der Waals surface area (Å²) in [6, 6.07) is 8.62. The van der Waals surface area contributed by atoms with Gasteiger partial charge in [-0.1, -0.05) is 0 Å². The van der Waals surface area contributed by atoms with E-state index in [2.05, 4.69) is 5.32 Å². The standard InChI is InChI=1S/C16H16N2O4S2/c1-9-8-12-14(23-9)13(16(20)18(2)24(12)21)15(19)17-10-4-6-11(22-3)7-5-10/h4-8,13H,1-3H3,(H,17,19). The van der Waals surface area contributed by atoms with Crippen LogP contribution in [-0.4, -0.2) is 34.5 Å². The van der Waals surface area contributed by atoms with E-state index in [9.17, 15) is 13.8 Å². The Morgan fingerprint density at radius 1 is 1.33 bits per heavy atom. The molecule has 1 N–H and O–H groups in total. The first-order chi connectivity index (χ1) is 11.4. The topological polar surface area (TPSA) is 75.7 Å². The van der Waals surface area contributed by atoms with Crippen molar-refractivity contribution in [1.29, 1.82) is 0 Å². The minimum Gasteiger partial charge on any atom is -0.497 e. The van der Waals surface area contributed by atoms with Crippen molar-refractivity contribution >= 4 is 39.8 Å². The number of anilines is 1. The van der Waals surface area contributed by atoms with Crippen molar-refractivity contribution in [2.75, 3.05) is 19.5 Å². The van der Waals surface area contributed by atoms with Gasteiger partial charge in [-0.05, 0) is 37.3 Å². The highest BCUT2D eigenvalue weighted by atomic mass is 32.2. The number of amides is 2. The maximum absolute atomic E-state index is 12.7. The number of hydrogen-bond acceptors (Lipinski definition) is 5. The van der Waals surface area contributed by atoms with Gasteiger partial charge in [-0.3, -0.25) is 13.9 Å². The van der Waals surface area contributed by atoms with Gasteiger partial charge in [0.05, 0.1) is 12.0 Å². The van der Waals surface area contributed by atoms with Gasteiger partial charge in [-0.25, -0.2) is 4.21 Å². The second-order valence-electron chi connectivity index (χ2n) is 5.32. The number of nitrogens with one attached hydrogen (secondary N) is 1. The summed E-state index contributed by atoms with van der Waals surface area (Å²) in [5, 5.41) is 2.74. The van der Waals surface area contributed by atoms with E-state index < -0.39 is 28.7 Å². The molecule has 1 aromatic carbocycles. The SMILES string of the molecule is COc1ccc(NC(=O)C2C(=O)N(C)S(=O)c3cc(C)sc32)cc1. The Hall–Kier alpha value is -2.19. The molecule has 2 heterocycles. The van der Waals surface area contributed by atoms with E-state index in [1.165, 1.54) is 18.4 Å². The van der Waals surface area contributed by atoms with Crippen LogP contribution in [0, 0.1) is 6.92 Å². The monoisotopic (exact) mass is 364 g/mol. The molecule has 24 heavy (non-hydrogen) atoms. The molecule has 6 nitrogen and oxygen atoms in total. The lowest BCUT2D eigenvalue weighted by Gasteiger charge is -2.27. The van der Waals surface area contributed by atoms with Crippen LogP contribution in [0.15, 0.2) is 35.2 Å². The highest BCUT2D eigenvalue weighted by Gasteiger charge is 2.42. The Morgan fingerprint density at radius 2 is 2.00 bits per heavy atom. The molecule has 0 bridgehead atoms. The molecule has 0 spiro atoms. The van der Waals surface area contributed by atoms with E-state index in [1.54, 1.807) is 37.4 Å². The molecular formula is C16H16N2O4S2. The first-order valence-electron chi connectivity index (χ1n) is 7.17. The van der Waals surface area contributed by atoms with Gasteiger partial charge in [0.25, 0.3) is 5.91 Å². The molecule has 0 saturated heterocycles. The number of aryl methyl sites for hydroxylation is 1. The molecule has 2 amide bonds. The molecule has 1 aliphatic heterocycles. The van der Waals surface area contributed by atoms with Crippen LogP contribution in [-0.2, 0) is 20.6 Å². The Kier molecular flexibility index (Phi) is 4.42. The van der Waals surface area contributed by atoms with E-state index in [4.69, 9.17) is 4.74 Å². The predicted molar refractivity (Wildman–Crippen MR) is 92.6 cm³/mol. The van der Waals surface area contributed by atoms with Crippen LogP contribution >= 0.6 is 11.3 Å². The number of thiophene rings is 1. The molecule has 1 aromatic heterocycles. The van der Waals surface area contributed by atoms with Crippen molar-refractivity contribution in [3.63, 3.8) is 0 Å². The summed E-state index contributed by atoms with van der Waals surface area (Å²) in [4.78, 5) is 27.2. The third kappa shape index (κ3) is 2.83. The minimum absolute atomic E-state index is 0.434. The summed E-state index contributed by atoms with van der Waals surface area (Å²) in [7, 11) is 1.45. The first kappa shape index (κ1) is 16.7. The van der Waals surface area contributed by atoms with Gasteiger partial charge in [0, 0.05) is 22.5 Å². The predicted octanol–water partition coefficient (Wildman–Crippen LogP) is 2.28. The van der Waals surface area contributed by atoms with Crippen molar-refractivity contribution < 1.29 is 18.5 Å². The first-order valence-corrected chi connectivity index (χ1v) is 9.09. The van der Waals surface area contributed by atoms with Gasteiger partial charge < -0.3 is 10.1 Å². The number of fused-ring (bicyclic) bond motifs is 1. The highest BCUT2D eigenvalue weighted by Crippen LogP contribution is 2.38. The molecule has 126 valence electrons. The van der Waals surface area contributed by atoms with Crippen LogP contribution in [0.25, 0.3) is 0 Å². The third-order valence-electron chi connectivity index (χ3n) is 3.72. The van der Waals surface area contributed by atoms with Crippen LogP contribution in [0.3, 0.4) is 0 Å². The number of hydrogen-bond donors (Lipinski definition) is 1. The van der Waals surface area contributed by atoms with E-state index in [-0.39, 0.29) is 0 Å². The molecule has 2 unspecified atom stereocenters. The molecule has 0 aliphatic carbocycles. The Bertz CT molecular complexity index is 829. The maximum atomic E-state index is 12.7. The number of rotatable bonds is 3. The van der Waals surface area contributed by atoms with Gasteiger partial charge in [0.15, 0.2) is 16.9 Å². The van der Waals surface area contributed by atoms with Crippen molar-refractivity contribution in [2.24, 2.45) is 0 Å². The van der Waals surface area contributed by atoms with Crippen LogP contribution in [0.1, 0.15) is 15.7 Å². The Morgan fingerprint density at radius 3 is 2.62 bits per heavy atom. The van der Waals surface area contributed by atoms with E-state index >= 15 is 0 Å². The van der Waals surface area contributed by atoms with Gasteiger partial charge in [0.2, 0.25) is 5.91 Å². The van der Waals surface area contributed by atoms with Gasteiger partial charge in [-0.2, -0.15) is 0 Å². The van der Waals surface area contributed by atoms with Crippen molar-refractivity contribution in [1.82, 2.24) is 4.31 Å². The molecule has 2 atom stereocenters. The van der Waals surface area contributed by atoms with Crippen LogP contribution in [0.2, 0.25) is 0 Å². The molecule has 2 aromatic rings. The fraction of sp³-hybridized carbons (Fsp3) is 0.250. The second-order valence-corrected chi connectivity index (χ2v) is 8.09. The summed E-state index contributed by atoms with van der Waals surface area (Å²) in [6.07, 6.45) is 0. The fourth-order valence-corrected chi connectivity index (χ4v) is 5.04. The quantitative estimate of drug-likeness (QED) is 0.848. The zero-order valence-corrected chi connectivity index (χ0v) is 15.0. The van der Waals surface area contributed by atoms with E-state index in [0.29, 0.717) is 21.2 Å². The minimum atomic E-state index is -1.56. The van der Waals surface area contributed by atoms with Gasteiger partial charge in [-0.15, -0.1) is 11.3 Å². The summed E-state index contributed by atoms with van der Waals surface area (Å²) >= 11 is 1.33. The summed E-state index contributed by atoms with van der Waals surface area (Å²) in [6.45, 7) is 1.86. The second kappa shape index (κ2) is 6.37. The fourth-order valence-electron chi connectivity index (χ4n) is 2.49. The number of methoxy groups -OCH3 is 1. The van der Waals surface area contributed by atoms with E-state index in [0.717, 1.165) is 9.18 Å². The number of carbonyl (C=O) groups is 2. The average molecular weight is 364 g/mol. The number of likely N-dealkylation sites (N-methyl/N-ethyl adjacent to an activating group) is 1. The molecule has 0 saturated carbocycles. The Balaban J connectivity index is 1.91. The summed E-state index contributed by atoms with van der Waals surface area (Å²) in [5.41, 5.74) is 0.567. The summed E-state index contributed by atoms with van der Waals surface area (Å²) in [5.74, 6) is -1.21. The van der Waals surface area contributed by atoms with E-state index in [1.807, 2.05) is 6.92 Å². The lowest BCUT2D eigenvalue weighted by atomic mass is 10.1. The molecule has 8 heteroatoms. The van der Waals surface area contributed by atoms with Crippen LogP contribution in [0.4, 0.5) is 5.69 Å². The third-order valence-corrected chi connectivity index (χ3v) is 6.36. The lowest BCUT2D eigenvalue weighted by Crippen LogP contribution is -2.42. The molecule has 3 rings (SSSR count). The number of nitrogens with zero attached hydrogens (tertiary/aromatic N) is 1. The molecular weight excluding hydrogens is 348 g/mol. The van der Waals surface area contributed by atoms with Gasteiger partial charge in [0.1, 0.15) is 5.75 Å². The molecule has 0 fully saturated rings. The largest absolute Gasteiger partial charge is 0.497 e.